The zero-order chi connectivity index (χ0) is 36.8. The Hall–Kier alpha value is -3.95. The van der Waals surface area contributed by atoms with Crippen molar-refractivity contribution in [2.24, 2.45) is 0 Å². The Morgan fingerprint density at radius 1 is 0.469 bits per heavy atom. The number of pyridine rings is 1. The molecule has 49 heavy (non-hydrogen) atoms. The van der Waals surface area contributed by atoms with Crippen molar-refractivity contribution in [2.45, 2.75) is 144 Å². The summed E-state index contributed by atoms with van der Waals surface area (Å²) in [5, 5.41) is 0. The maximum absolute atomic E-state index is 4.85. The van der Waals surface area contributed by atoms with E-state index in [-0.39, 0.29) is 21.7 Å². The molecule has 256 valence electrons. The molecule has 2 aromatic carbocycles. The van der Waals surface area contributed by atoms with Crippen LogP contribution in [0.3, 0.4) is 0 Å². The molecule has 3 aromatic rings. The highest BCUT2D eigenvalue weighted by molar-refractivity contribution is 6.87. The van der Waals surface area contributed by atoms with E-state index in [4.69, 9.17) is 4.98 Å². The van der Waals surface area contributed by atoms with Crippen LogP contribution in [0.4, 0.5) is 0 Å². The summed E-state index contributed by atoms with van der Waals surface area (Å²) in [5.74, 6) is 21.6. The first-order valence-electron chi connectivity index (χ1n) is 18.0. The summed E-state index contributed by atoms with van der Waals surface area (Å²) >= 11 is 0. The summed E-state index contributed by atoms with van der Waals surface area (Å²) in [6.07, 6.45) is 3.93. The predicted octanol–water partition coefficient (Wildman–Crippen LogP) is 12.0. The standard InChI is InChI=1S/C47H59NSi/c1-16-49(17-2,18-3)26-24-22-20-19-21-23-25-41-42(35-27-37(44(4,5)6)31-38(28-35)45(7,8)9)33-48-34-43(41)36-29-39(46(10,11)12)32-40(30-36)47(13,14)15/h27-34H,16-18H2,1-15H3. The van der Waals surface area contributed by atoms with E-state index in [0.29, 0.717) is 0 Å². The third-order valence-electron chi connectivity index (χ3n) is 9.76. The maximum Gasteiger partial charge on any atom is 0.139 e. The van der Waals surface area contributed by atoms with E-state index in [1.54, 1.807) is 0 Å². The third-order valence-corrected chi connectivity index (χ3v) is 14.5. The number of benzene rings is 2. The fourth-order valence-electron chi connectivity index (χ4n) is 5.73. The molecule has 0 spiro atoms. The smallest absolute Gasteiger partial charge is 0.139 e. The molecule has 2 heteroatoms. The minimum absolute atomic E-state index is 0.0177. The van der Waals surface area contributed by atoms with Crippen LogP contribution in [-0.2, 0) is 21.7 Å². The van der Waals surface area contributed by atoms with Gasteiger partial charge in [-0.1, -0.05) is 146 Å². The van der Waals surface area contributed by atoms with Crippen molar-refractivity contribution < 1.29 is 0 Å². The van der Waals surface area contributed by atoms with Crippen molar-refractivity contribution >= 4 is 8.07 Å². The Balaban J connectivity index is 2.35. The van der Waals surface area contributed by atoms with Gasteiger partial charge in [-0.2, -0.15) is 0 Å². The average molecular weight is 666 g/mol. The molecule has 0 saturated carbocycles. The van der Waals surface area contributed by atoms with Gasteiger partial charge in [-0.3, -0.25) is 4.98 Å². The lowest BCUT2D eigenvalue weighted by atomic mass is 9.77. The van der Waals surface area contributed by atoms with Crippen molar-refractivity contribution in [3.63, 3.8) is 0 Å². The summed E-state index contributed by atoms with van der Waals surface area (Å²) in [7, 11) is -1.52. The zero-order valence-corrected chi connectivity index (χ0v) is 34.2. The molecule has 0 saturated heterocycles. The summed E-state index contributed by atoms with van der Waals surface area (Å²) < 4.78 is 0. The van der Waals surface area contributed by atoms with Gasteiger partial charge in [-0.25, -0.2) is 0 Å². The first kappa shape index (κ1) is 39.5. The van der Waals surface area contributed by atoms with Crippen LogP contribution in [0.1, 0.15) is 132 Å². The molecule has 0 N–H and O–H groups in total. The molecule has 0 radical (unpaired) electrons. The second-order valence-electron chi connectivity index (χ2n) is 17.5. The van der Waals surface area contributed by atoms with Gasteiger partial charge in [0.15, 0.2) is 0 Å². The van der Waals surface area contributed by atoms with Gasteiger partial charge in [0.05, 0.1) is 0 Å². The van der Waals surface area contributed by atoms with Crippen LogP contribution in [0.25, 0.3) is 22.3 Å². The second-order valence-corrected chi connectivity index (χ2v) is 22.5. The molecular formula is C47H59NSi. The number of hydrogen-bond donors (Lipinski definition) is 0. The highest BCUT2D eigenvalue weighted by Crippen LogP contribution is 2.39. The van der Waals surface area contributed by atoms with Gasteiger partial charge >= 0.3 is 0 Å². The SMILES string of the molecule is CC[Si](C#CC#CC#CC#Cc1c(-c2cc(C(C)(C)C)cc(C(C)(C)C)c2)cncc1-c1cc(C(C)(C)C)cc(C(C)(C)C)c1)(CC)CC. The van der Waals surface area contributed by atoms with Crippen molar-refractivity contribution in [3.8, 4) is 69.2 Å². The molecule has 3 rings (SSSR count). The monoisotopic (exact) mass is 665 g/mol. The molecule has 0 unspecified atom stereocenters. The summed E-state index contributed by atoms with van der Waals surface area (Å²) in [4.78, 5) is 4.85. The van der Waals surface area contributed by atoms with E-state index in [9.17, 15) is 0 Å². The van der Waals surface area contributed by atoms with Crippen LogP contribution in [0.5, 0.6) is 0 Å². The van der Waals surface area contributed by atoms with E-state index in [1.807, 2.05) is 12.4 Å². The normalized spacial score (nSPS) is 12.0. The highest BCUT2D eigenvalue weighted by Gasteiger charge is 2.25. The van der Waals surface area contributed by atoms with Crippen LogP contribution in [-0.4, -0.2) is 13.1 Å². The number of aromatic nitrogens is 1. The quantitative estimate of drug-likeness (QED) is 0.195. The van der Waals surface area contributed by atoms with E-state index in [1.165, 1.54) is 22.3 Å². The van der Waals surface area contributed by atoms with Crippen LogP contribution < -0.4 is 0 Å². The Morgan fingerprint density at radius 3 is 1.12 bits per heavy atom. The van der Waals surface area contributed by atoms with Crippen molar-refractivity contribution in [3.05, 3.63) is 76.6 Å². The van der Waals surface area contributed by atoms with Crippen molar-refractivity contribution in [1.29, 1.82) is 0 Å². The van der Waals surface area contributed by atoms with Crippen LogP contribution in [0.15, 0.2) is 48.8 Å². The molecule has 0 fully saturated rings. The van der Waals surface area contributed by atoms with Gasteiger partial charge < -0.3 is 0 Å². The molecule has 1 nitrogen and oxygen atoms in total. The predicted molar refractivity (Wildman–Crippen MR) is 217 cm³/mol. The lowest BCUT2D eigenvalue weighted by Gasteiger charge is -2.27. The van der Waals surface area contributed by atoms with E-state index in [0.717, 1.165) is 45.9 Å². The highest BCUT2D eigenvalue weighted by atomic mass is 28.3. The summed E-state index contributed by atoms with van der Waals surface area (Å²) in [5.41, 5.74) is 13.8. The molecule has 0 aliphatic carbocycles. The Kier molecular flexibility index (Phi) is 12.3. The third kappa shape index (κ3) is 10.3. The number of rotatable bonds is 5. The average Bonchev–Trinajstić information content (AvgIpc) is 3.02. The fourth-order valence-corrected chi connectivity index (χ4v) is 8.09. The van der Waals surface area contributed by atoms with E-state index >= 15 is 0 Å². The van der Waals surface area contributed by atoms with Gasteiger partial charge in [0.2, 0.25) is 0 Å². The van der Waals surface area contributed by atoms with E-state index in [2.05, 4.69) is 187 Å². The Labute approximate surface area is 301 Å². The minimum atomic E-state index is -1.52. The second kappa shape index (κ2) is 15.3. The topological polar surface area (TPSA) is 12.9 Å². The first-order chi connectivity index (χ1) is 22.6. The molecule has 0 amide bonds. The van der Waals surface area contributed by atoms with Gasteiger partial charge in [0.25, 0.3) is 0 Å². The van der Waals surface area contributed by atoms with Gasteiger partial charge in [0, 0.05) is 29.1 Å². The van der Waals surface area contributed by atoms with Gasteiger partial charge in [-0.05, 0) is 109 Å². The van der Waals surface area contributed by atoms with Crippen molar-refractivity contribution in [1.82, 2.24) is 4.98 Å². The molecule has 0 atom stereocenters. The molecule has 1 aromatic heterocycles. The lowest BCUT2D eigenvalue weighted by molar-refractivity contribution is 0.568. The fraction of sp³-hybridized carbons (Fsp3) is 0.468. The minimum Gasteiger partial charge on any atom is -0.263 e. The molecule has 0 aliphatic rings. The Bertz CT molecular complexity index is 1740. The number of nitrogens with zero attached hydrogens (tertiary/aromatic N) is 1. The zero-order valence-electron chi connectivity index (χ0n) is 33.2. The maximum atomic E-state index is 4.85. The van der Waals surface area contributed by atoms with Crippen molar-refractivity contribution in [2.75, 3.05) is 0 Å². The summed E-state index contributed by atoms with van der Waals surface area (Å²) in [6.45, 7) is 34.0. The summed E-state index contributed by atoms with van der Waals surface area (Å²) in [6, 6.07) is 17.5. The molecule has 0 bridgehead atoms. The largest absolute Gasteiger partial charge is 0.263 e. The van der Waals surface area contributed by atoms with Gasteiger partial charge in [-0.15, -0.1) is 5.54 Å². The number of hydrogen-bond acceptors (Lipinski definition) is 1. The van der Waals surface area contributed by atoms with E-state index < -0.39 is 8.07 Å². The molecular weight excluding hydrogens is 607 g/mol. The first-order valence-corrected chi connectivity index (χ1v) is 20.6. The molecule has 0 aliphatic heterocycles. The van der Waals surface area contributed by atoms with Crippen LogP contribution in [0, 0.1) is 47.0 Å². The lowest BCUT2D eigenvalue weighted by Crippen LogP contribution is -2.29. The van der Waals surface area contributed by atoms with Crippen LogP contribution in [0.2, 0.25) is 18.1 Å². The molecule has 1 heterocycles. The van der Waals surface area contributed by atoms with Crippen LogP contribution >= 0.6 is 0 Å². The van der Waals surface area contributed by atoms with Gasteiger partial charge in [0.1, 0.15) is 8.07 Å². The Morgan fingerprint density at radius 2 is 0.796 bits per heavy atom.